The summed E-state index contributed by atoms with van der Waals surface area (Å²) in [6.07, 6.45) is 0. The van der Waals surface area contributed by atoms with Gasteiger partial charge in [0.05, 0.1) is 27.8 Å². The number of anilines is 1. The lowest BCUT2D eigenvalue weighted by molar-refractivity contribution is -0.402. The Morgan fingerprint density at radius 2 is 2.25 bits per heavy atom. The van der Waals surface area contributed by atoms with Crippen molar-refractivity contribution < 1.29 is 9.34 Å². The van der Waals surface area contributed by atoms with Crippen LogP contribution in [0.1, 0.15) is 10.8 Å². The molecule has 0 aliphatic heterocycles. The number of thiazole rings is 1. The van der Waals surface area contributed by atoms with Crippen molar-refractivity contribution in [3.63, 3.8) is 0 Å². The van der Waals surface area contributed by atoms with E-state index in [1.165, 1.54) is 6.07 Å². The summed E-state index contributed by atoms with van der Waals surface area (Å²) < 4.78 is 6.20. The van der Waals surface area contributed by atoms with E-state index < -0.39 is 4.92 Å². The van der Waals surface area contributed by atoms with E-state index in [1.54, 1.807) is 17.4 Å². The molecule has 0 aliphatic rings. The summed E-state index contributed by atoms with van der Waals surface area (Å²) in [5.41, 5.74) is 1.91. The highest BCUT2D eigenvalue weighted by atomic mass is 32.1. The van der Waals surface area contributed by atoms with Crippen LogP contribution in [0.4, 0.5) is 11.6 Å². The van der Waals surface area contributed by atoms with Crippen LogP contribution in [0, 0.1) is 17.0 Å². The third-order valence-electron chi connectivity index (χ3n) is 2.79. The third-order valence-corrected chi connectivity index (χ3v) is 3.72. The lowest BCUT2D eigenvalue weighted by Crippen LogP contribution is -1.97. The topological polar surface area (TPSA) is 81.2 Å². The van der Waals surface area contributed by atoms with Crippen LogP contribution < -0.4 is 5.32 Å². The minimum absolute atomic E-state index is 0.240. The normalized spacial score (nSPS) is 10.8. The van der Waals surface area contributed by atoms with Crippen LogP contribution >= 0.6 is 11.3 Å². The van der Waals surface area contributed by atoms with Crippen LogP contribution in [-0.2, 0) is 6.54 Å². The van der Waals surface area contributed by atoms with Crippen LogP contribution in [0.2, 0.25) is 0 Å². The number of nitrogens with zero attached hydrogens (tertiary/aromatic N) is 2. The first-order valence-corrected chi connectivity index (χ1v) is 6.77. The van der Waals surface area contributed by atoms with E-state index in [1.807, 2.05) is 25.1 Å². The lowest BCUT2D eigenvalue weighted by atomic mass is 10.3. The van der Waals surface area contributed by atoms with Gasteiger partial charge in [-0.05, 0) is 31.2 Å². The van der Waals surface area contributed by atoms with Crippen LogP contribution in [0.15, 0.2) is 34.7 Å². The van der Waals surface area contributed by atoms with E-state index in [9.17, 15) is 10.1 Å². The molecule has 0 radical (unpaired) electrons. The number of fused-ring (bicyclic) bond motifs is 1. The van der Waals surface area contributed by atoms with Crippen molar-refractivity contribution in [1.82, 2.24) is 4.98 Å². The van der Waals surface area contributed by atoms with Gasteiger partial charge in [0.1, 0.15) is 10.7 Å². The first-order valence-electron chi connectivity index (χ1n) is 5.96. The van der Waals surface area contributed by atoms with Crippen molar-refractivity contribution in [3.8, 4) is 0 Å². The Kier molecular flexibility index (Phi) is 3.11. The summed E-state index contributed by atoms with van der Waals surface area (Å²) in [6, 6.07) is 8.84. The maximum absolute atomic E-state index is 10.5. The van der Waals surface area contributed by atoms with Crippen molar-refractivity contribution >= 4 is 33.1 Å². The SMILES string of the molecule is Cc1nc2ccc(NCc3ccc([N+](=O)[O-])o3)cc2s1. The smallest absolute Gasteiger partial charge is 0.404 e. The second-order valence-electron chi connectivity index (χ2n) is 4.27. The third kappa shape index (κ3) is 2.48. The highest BCUT2D eigenvalue weighted by molar-refractivity contribution is 7.18. The molecule has 102 valence electrons. The zero-order chi connectivity index (χ0) is 14.1. The van der Waals surface area contributed by atoms with Crippen LogP contribution in [0.25, 0.3) is 10.2 Å². The quantitative estimate of drug-likeness (QED) is 0.584. The van der Waals surface area contributed by atoms with Gasteiger partial charge in [-0.25, -0.2) is 4.98 Å². The zero-order valence-electron chi connectivity index (χ0n) is 10.6. The Morgan fingerprint density at radius 1 is 1.40 bits per heavy atom. The second kappa shape index (κ2) is 4.93. The van der Waals surface area contributed by atoms with Crippen LogP contribution in [-0.4, -0.2) is 9.91 Å². The van der Waals surface area contributed by atoms with Gasteiger partial charge in [0.15, 0.2) is 0 Å². The number of rotatable bonds is 4. The van der Waals surface area contributed by atoms with Gasteiger partial charge >= 0.3 is 5.88 Å². The molecular formula is C13H11N3O3S. The first-order chi connectivity index (χ1) is 9.61. The molecule has 1 N–H and O–H groups in total. The minimum Gasteiger partial charge on any atom is -0.404 e. The Hall–Kier alpha value is -2.41. The fourth-order valence-electron chi connectivity index (χ4n) is 1.90. The highest BCUT2D eigenvalue weighted by Gasteiger charge is 2.11. The van der Waals surface area contributed by atoms with Gasteiger partial charge < -0.3 is 9.73 Å². The molecule has 0 unspecified atom stereocenters. The van der Waals surface area contributed by atoms with Crippen molar-refractivity contribution in [2.24, 2.45) is 0 Å². The number of benzene rings is 1. The summed E-state index contributed by atoms with van der Waals surface area (Å²) in [5.74, 6) is 0.285. The molecule has 2 aromatic heterocycles. The fraction of sp³-hybridized carbons (Fsp3) is 0.154. The Labute approximate surface area is 118 Å². The molecule has 1 aromatic carbocycles. The minimum atomic E-state index is -0.546. The fourth-order valence-corrected chi connectivity index (χ4v) is 2.77. The summed E-state index contributed by atoms with van der Waals surface area (Å²) in [6.45, 7) is 2.37. The zero-order valence-corrected chi connectivity index (χ0v) is 11.4. The number of hydrogen-bond acceptors (Lipinski definition) is 6. The molecule has 3 rings (SSSR count). The van der Waals surface area contributed by atoms with Gasteiger partial charge in [0.2, 0.25) is 0 Å². The van der Waals surface area contributed by atoms with E-state index in [0.29, 0.717) is 12.3 Å². The average Bonchev–Trinajstić information content (AvgIpc) is 3.00. The van der Waals surface area contributed by atoms with E-state index in [-0.39, 0.29) is 5.88 Å². The average molecular weight is 289 g/mol. The number of aryl methyl sites for hydroxylation is 1. The largest absolute Gasteiger partial charge is 0.433 e. The molecule has 0 bridgehead atoms. The van der Waals surface area contributed by atoms with Crippen molar-refractivity contribution in [2.75, 3.05) is 5.32 Å². The van der Waals surface area contributed by atoms with Gasteiger partial charge in [0, 0.05) is 5.69 Å². The molecule has 0 atom stereocenters. The molecule has 0 saturated heterocycles. The number of aromatic nitrogens is 1. The highest BCUT2D eigenvalue weighted by Crippen LogP contribution is 2.25. The number of furan rings is 1. The van der Waals surface area contributed by atoms with Gasteiger partial charge in [-0.3, -0.25) is 10.1 Å². The molecule has 0 amide bonds. The molecule has 20 heavy (non-hydrogen) atoms. The van der Waals surface area contributed by atoms with E-state index in [4.69, 9.17) is 4.42 Å². The number of nitro groups is 1. The number of nitrogens with one attached hydrogen (secondary N) is 1. The molecule has 3 aromatic rings. The Bertz CT molecular complexity index is 778. The summed E-state index contributed by atoms with van der Waals surface area (Å²) in [5, 5.41) is 14.7. The maximum Gasteiger partial charge on any atom is 0.433 e. The van der Waals surface area contributed by atoms with Crippen LogP contribution in [0.3, 0.4) is 0 Å². The van der Waals surface area contributed by atoms with E-state index in [2.05, 4.69) is 10.3 Å². The summed E-state index contributed by atoms with van der Waals surface area (Å²) in [7, 11) is 0. The van der Waals surface area contributed by atoms with Gasteiger partial charge in [-0.2, -0.15) is 0 Å². The van der Waals surface area contributed by atoms with Gasteiger partial charge in [-0.1, -0.05) is 0 Å². The van der Waals surface area contributed by atoms with Crippen molar-refractivity contribution in [3.05, 3.63) is 51.2 Å². The maximum atomic E-state index is 10.5. The number of hydrogen-bond donors (Lipinski definition) is 1. The molecular weight excluding hydrogens is 278 g/mol. The summed E-state index contributed by atoms with van der Waals surface area (Å²) in [4.78, 5) is 14.4. The van der Waals surface area contributed by atoms with Gasteiger partial charge in [-0.15, -0.1) is 11.3 Å². The van der Waals surface area contributed by atoms with Crippen molar-refractivity contribution in [1.29, 1.82) is 0 Å². The predicted molar refractivity (Wildman–Crippen MR) is 77.0 cm³/mol. The monoisotopic (exact) mass is 289 g/mol. The standard InChI is InChI=1S/C13H11N3O3S/c1-8-15-11-4-2-9(6-12(11)20-8)14-7-10-3-5-13(19-10)16(17)18/h2-6,14H,7H2,1H3. The molecule has 6 nitrogen and oxygen atoms in total. The van der Waals surface area contributed by atoms with Crippen LogP contribution in [0.5, 0.6) is 0 Å². The second-order valence-corrected chi connectivity index (χ2v) is 5.50. The Morgan fingerprint density at radius 3 is 3.00 bits per heavy atom. The summed E-state index contributed by atoms with van der Waals surface area (Å²) >= 11 is 1.63. The molecule has 7 heteroatoms. The lowest BCUT2D eigenvalue weighted by Gasteiger charge is -2.03. The van der Waals surface area contributed by atoms with Gasteiger partial charge in [0.25, 0.3) is 0 Å². The molecule has 0 aliphatic carbocycles. The molecule has 0 spiro atoms. The van der Waals surface area contributed by atoms with E-state index >= 15 is 0 Å². The predicted octanol–water partition coefficient (Wildman–Crippen LogP) is 3.72. The first kappa shape index (κ1) is 12.6. The molecule has 0 saturated carbocycles. The molecule has 0 fully saturated rings. The molecule has 2 heterocycles. The Balaban J connectivity index is 1.73. The van der Waals surface area contributed by atoms with E-state index in [0.717, 1.165) is 20.9 Å². The van der Waals surface area contributed by atoms with Crippen molar-refractivity contribution in [2.45, 2.75) is 13.5 Å².